The molecule has 1 aromatic heterocycles. The van der Waals surface area contributed by atoms with E-state index in [2.05, 4.69) is 5.32 Å². The molecule has 4 heterocycles. The fourth-order valence-electron chi connectivity index (χ4n) is 4.54. The molecule has 2 amide bonds. The zero-order chi connectivity index (χ0) is 19.3. The average Bonchev–Trinajstić information content (AvgIpc) is 3.44. The number of benzene rings is 1. The number of hydrogen-bond acceptors (Lipinski definition) is 4. The fraction of sp³-hybridized carbons (Fsp3) is 0.333. The molecule has 0 unspecified atom stereocenters. The van der Waals surface area contributed by atoms with Gasteiger partial charge in [0.2, 0.25) is 11.8 Å². The third-order valence-corrected chi connectivity index (χ3v) is 6.19. The number of rotatable bonds is 5. The first-order chi connectivity index (χ1) is 13.6. The summed E-state index contributed by atoms with van der Waals surface area (Å²) in [7, 11) is 0. The molecule has 144 valence electrons. The summed E-state index contributed by atoms with van der Waals surface area (Å²) in [5.41, 5.74) is 0.116. The van der Waals surface area contributed by atoms with E-state index in [-0.39, 0.29) is 17.9 Å². The predicted molar refractivity (Wildman–Crippen MR) is 101 cm³/mol. The lowest BCUT2D eigenvalue weighted by molar-refractivity contribution is -0.138. The van der Waals surface area contributed by atoms with Crippen LogP contribution in [0, 0.1) is 11.8 Å². The summed E-state index contributed by atoms with van der Waals surface area (Å²) in [5.74, 6) is -0.594. The van der Waals surface area contributed by atoms with E-state index in [0.717, 1.165) is 5.56 Å². The molecule has 7 heteroatoms. The molecule has 6 nitrogen and oxygen atoms in total. The highest BCUT2D eigenvalue weighted by molar-refractivity contribution is 6.31. The molecule has 0 saturated carbocycles. The Kier molecular flexibility index (Phi) is 4.07. The number of nitrogens with zero attached hydrogens (tertiary/aromatic N) is 1. The van der Waals surface area contributed by atoms with Crippen LogP contribution in [0.5, 0.6) is 0 Å². The van der Waals surface area contributed by atoms with Gasteiger partial charge in [-0.25, -0.2) is 0 Å². The lowest BCUT2D eigenvalue weighted by atomic mass is 9.77. The molecule has 2 aromatic rings. The van der Waals surface area contributed by atoms with E-state index in [1.165, 1.54) is 0 Å². The number of nitrogens with one attached hydrogen (secondary N) is 1. The van der Waals surface area contributed by atoms with E-state index in [9.17, 15) is 9.59 Å². The fourth-order valence-corrected chi connectivity index (χ4v) is 4.75. The Morgan fingerprint density at radius 3 is 2.93 bits per heavy atom. The van der Waals surface area contributed by atoms with Crippen molar-refractivity contribution in [2.45, 2.75) is 24.8 Å². The lowest BCUT2D eigenvalue weighted by Gasteiger charge is -2.23. The molecule has 0 aliphatic carbocycles. The van der Waals surface area contributed by atoms with Crippen LogP contribution in [-0.2, 0) is 27.4 Å². The van der Waals surface area contributed by atoms with Gasteiger partial charge in [0.25, 0.3) is 0 Å². The second-order valence-electron chi connectivity index (χ2n) is 7.48. The van der Waals surface area contributed by atoms with E-state index in [0.29, 0.717) is 30.4 Å². The first-order valence-corrected chi connectivity index (χ1v) is 9.65. The number of carbonyl (C=O) groups is 2. The Morgan fingerprint density at radius 2 is 2.14 bits per heavy atom. The largest absolute Gasteiger partial charge is 0.467 e. The molecule has 4 atom stereocenters. The van der Waals surface area contributed by atoms with Crippen molar-refractivity contribution in [1.29, 1.82) is 0 Å². The van der Waals surface area contributed by atoms with Crippen molar-refractivity contribution in [2.24, 2.45) is 11.8 Å². The Hall–Kier alpha value is -2.57. The second-order valence-corrected chi connectivity index (χ2v) is 7.89. The maximum atomic E-state index is 13.1. The molecular weight excluding hydrogens is 380 g/mol. The molecule has 3 aliphatic rings. The van der Waals surface area contributed by atoms with Crippen LogP contribution in [0.1, 0.15) is 11.3 Å². The van der Waals surface area contributed by atoms with Gasteiger partial charge in [0, 0.05) is 11.6 Å². The van der Waals surface area contributed by atoms with Gasteiger partial charge in [-0.2, -0.15) is 0 Å². The van der Waals surface area contributed by atoms with E-state index in [1.807, 2.05) is 36.4 Å². The normalized spacial score (nSPS) is 30.1. The van der Waals surface area contributed by atoms with Crippen LogP contribution in [0.4, 0.5) is 0 Å². The minimum atomic E-state index is -0.721. The van der Waals surface area contributed by atoms with E-state index in [4.69, 9.17) is 20.8 Å². The molecular formula is C21H19ClN2O4. The highest BCUT2D eigenvalue weighted by Crippen LogP contribution is 2.52. The molecule has 28 heavy (non-hydrogen) atoms. The number of fused-ring (bicyclic) bond motifs is 1. The molecule has 2 fully saturated rings. The SMILES string of the molecule is O=C(NCc1ccccc1Cl)[C@H]1[C@H]2C(=O)N(Cc3ccco3)C[C@@]23C=C[C@H]1O3. The van der Waals surface area contributed by atoms with Crippen LogP contribution in [0.2, 0.25) is 5.02 Å². The third kappa shape index (κ3) is 2.67. The zero-order valence-electron chi connectivity index (χ0n) is 15.0. The predicted octanol–water partition coefficient (Wildman–Crippen LogP) is 2.53. The molecule has 5 rings (SSSR count). The number of ether oxygens (including phenoxy) is 1. The molecule has 1 aromatic carbocycles. The topological polar surface area (TPSA) is 71.8 Å². The minimum absolute atomic E-state index is 0.0684. The van der Waals surface area contributed by atoms with Gasteiger partial charge in [0.15, 0.2) is 0 Å². The molecule has 1 N–H and O–H groups in total. The van der Waals surface area contributed by atoms with Crippen molar-refractivity contribution < 1.29 is 18.7 Å². The Morgan fingerprint density at radius 1 is 1.29 bits per heavy atom. The van der Waals surface area contributed by atoms with E-state index < -0.39 is 17.4 Å². The van der Waals surface area contributed by atoms with Gasteiger partial charge in [-0.1, -0.05) is 42.0 Å². The first-order valence-electron chi connectivity index (χ1n) is 9.27. The van der Waals surface area contributed by atoms with Gasteiger partial charge in [-0.3, -0.25) is 9.59 Å². The molecule has 3 aliphatic heterocycles. The summed E-state index contributed by atoms with van der Waals surface area (Å²) in [6, 6.07) is 11.0. The molecule has 0 radical (unpaired) electrons. The number of hydrogen-bond donors (Lipinski definition) is 1. The lowest BCUT2D eigenvalue weighted by Crippen LogP contribution is -2.43. The first kappa shape index (κ1) is 17.5. The van der Waals surface area contributed by atoms with Crippen molar-refractivity contribution in [1.82, 2.24) is 10.2 Å². The van der Waals surface area contributed by atoms with Crippen LogP contribution in [0.25, 0.3) is 0 Å². The van der Waals surface area contributed by atoms with Crippen LogP contribution in [-0.4, -0.2) is 35.0 Å². The molecule has 2 saturated heterocycles. The number of amides is 2. The smallest absolute Gasteiger partial charge is 0.230 e. The molecule has 1 spiro atoms. The number of likely N-dealkylation sites (tertiary alicyclic amines) is 1. The van der Waals surface area contributed by atoms with Crippen molar-refractivity contribution in [3.63, 3.8) is 0 Å². The third-order valence-electron chi connectivity index (χ3n) is 5.82. The Labute approximate surface area is 167 Å². The van der Waals surface area contributed by atoms with Crippen molar-refractivity contribution in [3.05, 3.63) is 71.2 Å². The van der Waals surface area contributed by atoms with E-state index >= 15 is 0 Å². The quantitative estimate of drug-likeness (QED) is 0.785. The van der Waals surface area contributed by atoms with Gasteiger partial charge in [0.05, 0.1) is 37.3 Å². The maximum absolute atomic E-state index is 13.1. The maximum Gasteiger partial charge on any atom is 0.230 e. The van der Waals surface area contributed by atoms with Crippen molar-refractivity contribution >= 4 is 23.4 Å². The number of halogens is 1. The van der Waals surface area contributed by atoms with Crippen molar-refractivity contribution in [2.75, 3.05) is 6.54 Å². The van der Waals surface area contributed by atoms with Crippen LogP contribution < -0.4 is 5.32 Å². The average molecular weight is 399 g/mol. The van der Waals surface area contributed by atoms with Gasteiger partial charge < -0.3 is 19.4 Å². The van der Waals surface area contributed by atoms with Gasteiger partial charge in [0.1, 0.15) is 11.4 Å². The highest BCUT2D eigenvalue weighted by atomic mass is 35.5. The van der Waals surface area contributed by atoms with Gasteiger partial charge >= 0.3 is 0 Å². The summed E-state index contributed by atoms with van der Waals surface area (Å²) >= 11 is 6.17. The van der Waals surface area contributed by atoms with Crippen molar-refractivity contribution in [3.8, 4) is 0 Å². The van der Waals surface area contributed by atoms with Crippen LogP contribution >= 0.6 is 11.6 Å². The van der Waals surface area contributed by atoms with E-state index in [1.54, 1.807) is 23.3 Å². The number of carbonyl (C=O) groups excluding carboxylic acids is 2. The minimum Gasteiger partial charge on any atom is -0.467 e. The zero-order valence-corrected chi connectivity index (χ0v) is 15.8. The van der Waals surface area contributed by atoms with Crippen LogP contribution in [0.15, 0.2) is 59.2 Å². The summed E-state index contributed by atoms with van der Waals surface area (Å²) in [6.07, 6.45) is 5.06. The monoisotopic (exact) mass is 398 g/mol. The van der Waals surface area contributed by atoms with Gasteiger partial charge in [-0.15, -0.1) is 0 Å². The number of furan rings is 1. The Bertz CT molecular complexity index is 957. The molecule has 2 bridgehead atoms. The summed E-state index contributed by atoms with van der Waals surface area (Å²) < 4.78 is 11.5. The van der Waals surface area contributed by atoms with Gasteiger partial charge in [-0.05, 0) is 23.8 Å². The standard InChI is InChI=1S/C21H19ClN2O4/c22-15-6-2-1-4-13(15)10-23-19(25)17-16-7-8-21(28-16)12-24(20(26)18(17)21)11-14-5-3-9-27-14/h1-9,16-18H,10-12H2,(H,23,25)/t16-,17-,18+,21+/m1/s1. The summed E-state index contributed by atoms with van der Waals surface area (Å²) in [5, 5.41) is 3.53. The van der Waals surface area contributed by atoms with Crippen LogP contribution in [0.3, 0.4) is 0 Å². The second kappa shape index (κ2) is 6.50. The summed E-state index contributed by atoms with van der Waals surface area (Å²) in [6.45, 7) is 1.12. The Balaban J connectivity index is 1.33. The highest BCUT2D eigenvalue weighted by Gasteiger charge is 2.66. The summed E-state index contributed by atoms with van der Waals surface area (Å²) in [4.78, 5) is 27.8.